The average Bonchev–Trinajstić information content (AvgIpc) is 3.32. The van der Waals surface area contributed by atoms with Gasteiger partial charge >= 0.3 is 12.1 Å². The van der Waals surface area contributed by atoms with E-state index in [-0.39, 0.29) is 42.2 Å². The van der Waals surface area contributed by atoms with Gasteiger partial charge in [-0.2, -0.15) is 0 Å². The van der Waals surface area contributed by atoms with E-state index in [4.69, 9.17) is 4.74 Å². The van der Waals surface area contributed by atoms with E-state index in [9.17, 15) is 33.6 Å². The molecule has 1 aromatic rings. The normalized spacial score (nSPS) is 10.5. The van der Waals surface area contributed by atoms with Gasteiger partial charge in [0, 0.05) is 78.7 Å². The Morgan fingerprint density at radius 2 is 1.12 bits per heavy atom. The highest BCUT2D eigenvalue weighted by Gasteiger charge is 2.15. The Morgan fingerprint density at radius 3 is 1.42 bits per heavy atom. The van der Waals surface area contributed by atoms with Gasteiger partial charge in [-0.05, 0) is 89.0 Å². The number of hydrogen-bond donors (Lipinski definition) is 0. The van der Waals surface area contributed by atoms with Crippen molar-refractivity contribution in [2.45, 2.75) is 73.6 Å². The maximum Gasteiger partial charge on any atom is 0.413 e. The van der Waals surface area contributed by atoms with E-state index < -0.39 is 5.97 Å². The van der Waals surface area contributed by atoms with Crippen LogP contribution in [0.5, 0.6) is 0 Å². The Hall–Kier alpha value is -6.25. The molecule has 0 bridgehead atoms. The molecule has 0 unspecified atom stereocenters. The minimum atomic E-state index is -0.442. The molecule has 1 aliphatic rings. The summed E-state index contributed by atoms with van der Waals surface area (Å²) in [5.74, 6) is -0.615. The highest BCUT2D eigenvalue weighted by atomic mass is 16.6. The van der Waals surface area contributed by atoms with Crippen LogP contribution < -0.4 is 0 Å². The van der Waals surface area contributed by atoms with E-state index >= 15 is 0 Å². The number of nitrogens with zero attached hydrogens (tertiary/aromatic N) is 6. The van der Waals surface area contributed by atoms with Crippen LogP contribution in [0.15, 0.2) is 94.2 Å². The van der Waals surface area contributed by atoms with Crippen molar-refractivity contribution in [1.29, 1.82) is 0 Å². The third kappa shape index (κ3) is 31.6. The van der Waals surface area contributed by atoms with Crippen LogP contribution in [0.1, 0.15) is 89.6 Å². The summed E-state index contributed by atoms with van der Waals surface area (Å²) in [5.41, 5.74) is 1.77. The largest absolute Gasteiger partial charge is 0.468 e. The van der Waals surface area contributed by atoms with Crippen molar-refractivity contribution < 1.29 is 43.0 Å². The van der Waals surface area contributed by atoms with E-state index in [1.54, 1.807) is 25.1 Å². The van der Waals surface area contributed by atoms with Crippen LogP contribution in [-0.4, -0.2) is 158 Å². The number of rotatable bonds is 19. The number of esters is 1. The standard InChI is InChI=1S/C13H17NO.C11H21NO.C7H11NO3.C7H13NO.C6H9NO2.C5H9NO/c1-4-11-7-9-12(10-8-11)13(15)14(5-2)6-3;1-4-7-9-12(10-8-5-2)11(13)6-3;1-4-6(9)8(2)5-7(10)11-3;1-4-7(9)8(5-2)6-3;1-2-7-4-3-5-9-6(7)8;1-4-5(7)6(2)3/h4,7-10H,1,5-6H2,2-3H3;6H,3-5,7-10H2,1-2H3;4H,1,5H2,2-3H3;4H,1,5-6H2,2-3H3;2H,1,3-5H2;4H,1H2,2-3H3. The maximum atomic E-state index is 11.9. The highest BCUT2D eigenvalue weighted by Crippen LogP contribution is 2.08. The molecule has 0 spiro atoms. The van der Waals surface area contributed by atoms with Gasteiger partial charge in [-0.1, -0.05) is 84.4 Å². The summed E-state index contributed by atoms with van der Waals surface area (Å²) in [6.07, 6.45) is 13.5. The SMILES string of the molecule is C=CC(=O)N(C)C.C=CC(=O)N(C)CC(=O)OC.C=CC(=O)N(CC)CC.C=CC(=O)N(CCCC)CCCC.C=CN1CCCOC1=O.C=Cc1ccc(C(=O)N(CC)CC)cc1. The fourth-order valence-electron chi connectivity index (χ4n) is 4.69. The Bertz CT molecular complexity index is 1560. The summed E-state index contributed by atoms with van der Waals surface area (Å²) >= 11 is 0. The molecule has 64 heavy (non-hydrogen) atoms. The topological polar surface area (TPSA) is 157 Å². The van der Waals surface area contributed by atoms with Gasteiger partial charge in [0.05, 0.1) is 13.7 Å². The molecule has 1 aromatic carbocycles. The fraction of sp³-hybridized carbons (Fsp3) is 0.490. The van der Waals surface area contributed by atoms with Crippen molar-refractivity contribution >= 4 is 47.7 Å². The van der Waals surface area contributed by atoms with Crippen molar-refractivity contribution in [1.82, 2.24) is 29.4 Å². The van der Waals surface area contributed by atoms with Crippen LogP contribution in [0.3, 0.4) is 0 Å². The lowest BCUT2D eigenvalue weighted by atomic mass is 10.1. The van der Waals surface area contributed by atoms with Crippen molar-refractivity contribution in [3.8, 4) is 0 Å². The number of cyclic esters (lactones) is 1. The Kier molecular flexibility index (Phi) is 42.3. The van der Waals surface area contributed by atoms with E-state index in [1.807, 2.05) is 61.8 Å². The van der Waals surface area contributed by atoms with E-state index in [0.29, 0.717) is 6.61 Å². The number of hydrogen-bond acceptors (Lipinski definition) is 9. The van der Waals surface area contributed by atoms with Crippen LogP contribution >= 0.6 is 0 Å². The Labute approximate surface area is 385 Å². The van der Waals surface area contributed by atoms with Crippen molar-refractivity contribution in [3.05, 3.63) is 105 Å². The molecule has 0 N–H and O–H groups in total. The molecule has 0 radical (unpaired) electrons. The van der Waals surface area contributed by atoms with Gasteiger partial charge in [-0.3, -0.25) is 33.7 Å². The molecule has 0 atom stereocenters. The third-order valence-corrected chi connectivity index (χ3v) is 8.73. The smallest absolute Gasteiger partial charge is 0.413 e. The predicted molar refractivity (Wildman–Crippen MR) is 260 cm³/mol. The number of methoxy groups -OCH3 is 1. The second kappa shape index (κ2) is 42.1. The molecule has 1 aliphatic heterocycles. The lowest BCUT2D eigenvalue weighted by Crippen LogP contribution is -2.33. The third-order valence-electron chi connectivity index (χ3n) is 8.73. The summed E-state index contributed by atoms with van der Waals surface area (Å²) in [6.45, 7) is 38.8. The summed E-state index contributed by atoms with van der Waals surface area (Å²) in [5, 5.41) is 0. The lowest BCUT2D eigenvalue weighted by molar-refractivity contribution is -0.144. The Morgan fingerprint density at radius 1 is 0.672 bits per heavy atom. The molecule has 15 nitrogen and oxygen atoms in total. The number of carbonyl (C=O) groups is 7. The fourth-order valence-corrected chi connectivity index (χ4v) is 4.69. The molecular formula is C49H80N6O9. The zero-order chi connectivity index (χ0) is 50.0. The van der Waals surface area contributed by atoms with Gasteiger partial charge in [0.25, 0.3) is 5.91 Å². The first-order valence-electron chi connectivity index (χ1n) is 21.6. The van der Waals surface area contributed by atoms with Gasteiger partial charge in [0.15, 0.2) is 0 Å². The summed E-state index contributed by atoms with van der Waals surface area (Å²) in [6, 6.07) is 7.50. The first kappa shape index (κ1) is 64.4. The summed E-state index contributed by atoms with van der Waals surface area (Å²) in [4.78, 5) is 85.9. The van der Waals surface area contributed by atoms with Crippen molar-refractivity contribution in [2.24, 2.45) is 0 Å². The van der Waals surface area contributed by atoms with Gasteiger partial charge in [0.2, 0.25) is 23.6 Å². The number of carbonyl (C=O) groups excluding carboxylic acids is 7. The van der Waals surface area contributed by atoms with E-state index in [2.05, 4.69) is 58.1 Å². The van der Waals surface area contributed by atoms with Crippen LogP contribution in [0.25, 0.3) is 6.08 Å². The first-order valence-corrected chi connectivity index (χ1v) is 21.6. The molecule has 0 aromatic heterocycles. The van der Waals surface area contributed by atoms with Crippen LogP contribution in [0.4, 0.5) is 4.79 Å². The van der Waals surface area contributed by atoms with Crippen LogP contribution in [-0.2, 0) is 33.4 Å². The second-order valence-electron chi connectivity index (χ2n) is 13.5. The molecule has 0 aliphatic carbocycles. The molecule has 0 saturated carbocycles. The lowest BCUT2D eigenvalue weighted by Gasteiger charge is -2.21. The molecule has 360 valence electrons. The average molecular weight is 897 g/mol. The molecule has 2 rings (SSSR count). The van der Waals surface area contributed by atoms with Crippen LogP contribution in [0.2, 0.25) is 0 Å². The quantitative estimate of drug-likeness (QED) is 0.101. The number of unbranched alkanes of at least 4 members (excludes halogenated alkanes) is 2. The van der Waals surface area contributed by atoms with E-state index in [1.165, 1.54) is 53.3 Å². The van der Waals surface area contributed by atoms with Gasteiger partial charge < -0.3 is 34.0 Å². The maximum absolute atomic E-state index is 11.9. The summed E-state index contributed by atoms with van der Waals surface area (Å²) in [7, 11) is 6.14. The number of ether oxygens (including phenoxy) is 2. The van der Waals surface area contributed by atoms with Crippen LogP contribution in [0, 0.1) is 0 Å². The van der Waals surface area contributed by atoms with E-state index in [0.717, 1.165) is 95.1 Å². The molecule has 15 heteroatoms. The molecule has 1 saturated heterocycles. The number of benzene rings is 1. The minimum absolute atomic E-state index is 0.0139. The molecule has 6 amide bonds. The second-order valence-corrected chi connectivity index (χ2v) is 13.5. The highest BCUT2D eigenvalue weighted by molar-refractivity contribution is 5.94. The van der Waals surface area contributed by atoms with Crippen molar-refractivity contribution in [2.75, 3.05) is 87.2 Å². The molecular weight excluding hydrogens is 817 g/mol. The Balaban J connectivity index is -0.000000343. The van der Waals surface area contributed by atoms with Gasteiger partial charge in [-0.25, -0.2) is 4.79 Å². The van der Waals surface area contributed by atoms with Gasteiger partial charge in [-0.15, -0.1) is 0 Å². The van der Waals surface area contributed by atoms with Gasteiger partial charge in [0.1, 0.15) is 6.54 Å². The zero-order valence-corrected chi connectivity index (χ0v) is 40.8. The number of likely N-dealkylation sites (N-methyl/N-ethyl adjacent to an activating group) is 3. The molecule has 1 fully saturated rings. The minimum Gasteiger partial charge on any atom is -0.468 e. The first-order chi connectivity index (χ1) is 30.4. The van der Waals surface area contributed by atoms with Crippen molar-refractivity contribution in [3.63, 3.8) is 0 Å². The zero-order valence-electron chi connectivity index (χ0n) is 40.8. The monoisotopic (exact) mass is 897 g/mol. The summed E-state index contributed by atoms with van der Waals surface area (Å²) < 4.78 is 9.05. The number of amides is 6. The molecule has 1 heterocycles. The predicted octanol–water partition coefficient (Wildman–Crippen LogP) is 7.49.